The summed E-state index contributed by atoms with van der Waals surface area (Å²) < 4.78 is 33.9. The molecule has 0 radical (unpaired) electrons. The quantitative estimate of drug-likeness (QED) is 0.0671. The van der Waals surface area contributed by atoms with E-state index in [9.17, 15) is 48.9 Å². The van der Waals surface area contributed by atoms with Gasteiger partial charge in [0.2, 0.25) is 29.5 Å². The fraction of sp³-hybridized carbons (Fsp3) is 0.611. The highest BCUT2D eigenvalue weighted by atomic mass is 35.5. The number of cyclic esters (lactones) is 2. The lowest BCUT2D eigenvalue weighted by atomic mass is 9.92. The molecule has 0 aromatic heterocycles. The predicted molar refractivity (Wildman–Crippen MR) is 279 cm³/mol. The van der Waals surface area contributed by atoms with Crippen molar-refractivity contribution in [2.75, 3.05) is 27.3 Å². The number of benzene rings is 2. The maximum atomic E-state index is 14.0. The standard InChI is InChI=1S/C54H77ClN6O16/c1-27(2)21-38-51(70)74-36(11-10-12-41(63)60-35(23-31-15-19-37(72-8)33(55)22-31)49(68)59-26-54(6,7)53(71)76-38)29(5)46-47(77-46)32-16-13-30(14-17-32)24-58-48(67)34(61-50(69)42(56)28(3)4)18-20-40(62)57-25-39-43(64)44(65)45(66)52(73-9)75-39/h10,12-17,19,22,27-29,34-36,38-39,42-47,52,64-66H,11,18,20-21,23-26,56H2,1-9H3,(H,57,62)(H,58,67)(H,59,68)(H,60,63)(H,61,69)/b12-10-/t29-,34-,35+,36-,38-,39+,42-,43+,44-,45+,46+,47+,52+/m0/s1. The summed E-state index contributed by atoms with van der Waals surface area (Å²) >= 11 is 6.37. The fourth-order valence-corrected chi connectivity index (χ4v) is 8.94. The number of aliphatic hydroxyl groups excluding tert-OH is 3. The highest BCUT2D eigenvalue weighted by molar-refractivity contribution is 6.32. The Morgan fingerprint density at radius 3 is 2.22 bits per heavy atom. The first-order valence-corrected chi connectivity index (χ1v) is 26.3. The summed E-state index contributed by atoms with van der Waals surface area (Å²) in [7, 11) is 2.73. The number of methoxy groups -OCH3 is 2. The Morgan fingerprint density at radius 2 is 1.58 bits per heavy atom. The normalized spacial score (nSPS) is 27.7. The van der Waals surface area contributed by atoms with Crippen molar-refractivity contribution in [3.8, 4) is 5.75 Å². The number of carbonyl (C=O) groups excluding carboxylic acids is 7. The van der Waals surface area contributed by atoms with Gasteiger partial charge in [-0.1, -0.05) is 82.6 Å². The zero-order valence-corrected chi connectivity index (χ0v) is 45.9. The van der Waals surface area contributed by atoms with Crippen molar-refractivity contribution >= 4 is 53.1 Å². The van der Waals surface area contributed by atoms with E-state index < -0.39 is 126 Å². The molecule has 3 aliphatic heterocycles. The Hall–Kier alpha value is -5.72. The highest BCUT2D eigenvalue weighted by Gasteiger charge is 2.48. The SMILES string of the molecule is COc1ccc(C[C@H]2NC(=O)/C=C\C[C@@H]([C@H](C)[C@H]3O[C@@H]3c3ccc(CNC(=O)[C@H](CCC(=O)NC[C@H]4O[C@@H](OC)[C@H](O)[C@@H](O)[C@@H]4O)NC(=O)[C@@H](N)C(C)C)cc3)OC(=O)[C@H](CC(C)C)OC(=O)C(C)(C)CNC2=O)cc1Cl. The van der Waals surface area contributed by atoms with E-state index in [1.165, 1.54) is 20.3 Å². The first kappa shape index (κ1) is 62.1. The van der Waals surface area contributed by atoms with E-state index in [2.05, 4.69) is 26.6 Å². The van der Waals surface area contributed by atoms with Crippen molar-refractivity contribution in [2.24, 2.45) is 28.9 Å². The average Bonchev–Trinajstić information content (AvgIpc) is 4.20. The molecule has 0 saturated carbocycles. The van der Waals surface area contributed by atoms with E-state index in [0.717, 1.165) is 5.56 Å². The topological polar surface area (TPSA) is 325 Å². The molecule has 426 valence electrons. The van der Waals surface area contributed by atoms with E-state index in [0.29, 0.717) is 21.9 Å². The number of esters is 2. The monoisotopic (exact) mass is 1100 g/mol. The molecule has 23 heteroatoms. The smallest absolute Gasteiger partial charge is 0.347 e. The Morgan fingerprint density at radius 1 is 0.896 bits per heavy atom. The molecule has 0 spiro atoms. The van der Waals surface area contributed by atoms with Crippen molar-refractivity contribution in [1.29, 1.82) is 0 Å². The van der Waals surface area contributed by atoms with Gasteiger partial charge in [-0.3, -0.25) is 28.8 Å². The van der Waals surface area contributed by atoms with E-state index >= 15 is 0 Å². The van der Waals surface area contributed by atoms with E-state index in [-0.39, 0.29) is 63.6 Å². The molecule has 2 aromatic rings. The lowest BCUT2D eigenvalue weighted by Gasteiger charge is -2.39. The van der Waals surface area contributed by atoms with Gasteiger partial charge in [0.1, 0.15) is 54.5 Å². The number of epoxide rings is 1. The summed E-state index contributed by atoms with van der Waals surface area (Å²) in [6.45, 7) is 11.9. The number of halogens is 1. The third kappa shape index (κ3) is 17.6. The number of carbonyl (C=O) groups is 7. The molecule has 3 heterocycles. The van der Waals surface area contributed by atoms with E-state index in [1.54, 1.807) is 64.1 Å². The van der Waals surface area contributed by atoms with Crippen LogP contribution in [0.3, 0.4) is 0 Å². The maximum absolute atomic E-state index is 14.0. The van der Waals surface area contributed by atoms with Crippen molar-refractivity contribution in [1.82, 2.24) is 26.6 Å². The van der Waals surface area contributed by atoms with Gasteiger partial charge in [-0.2, -0.15) is 0 Å². The second-order valence-electron chi connectivity index (χ2n) is 21.2. The first-order chi connectivity index (χ1) is 36.3. The van der Waals surface area contributed by atoms with Gasteiger partial charge >= 0.3 is 11.9 Å². The molecule has 0 bridgehead atoms. The van der Waals surface area contributed by atoms with Gasteiger partial charge < -0.3 is 76.1 Å². The Balaban J connectivity index is 1.25. The van der Waals surface area contributed by atoms with E-state index in [1.807, 2.05) is 32.9 Å². The Labute approximate surface area is 454 Å². The Kier molecular flexibility index (Phi) is 22.8. The summed E-state index contributed by atoms with van der Waals surface area (Å²) in [5.74, 6) is -4.68. The van der Waals surface area contributed by atoms with Crippen LogP contribution in [0.4, 0.5) is 0 Å². The highest BCUT2D eigenvalue weighted by Crippen LogP contribution is 2.45. The molecular weight excluding hydrogens is 1020 g/mol. The zero-order valence-electron chi connectivity index (χ0n) is 45.1. The van der Waals surface area contributed by atoms with Crippen molar-refractivity contribution < 1.29 is 77.3 Å². The lowest BCUT2D eigenvalue weighted by Crippen LogP contribution is -2.60. The molecule has 77 heavy (non-hydrogen) atoms. The lowest BCUT2D eigenvalue weighted by molar-refractivity contribution is -0.288. The number of nitrogens with two attached hydrogens (primary N) is 1. The number of hydrogen-bond acceptors (Lipinski definition) is 17. The number of hydrogen-bond donors (Lipinski definition) is 9. The molecule has 2 fully saturated rings. The predicted octanol–water partition coefficient (Wildman–Crippen LogP) is 1.56. The largest absolute Gasteiger partial charge is 0.495 e. The fourth-order valence-electron chi connectivity index (χ4n) is 8.66. The second-order valence-corrected chi connectivity index (χ2v) is 21.6. The molecule has 5 amide bonds. The molecule has 2 aromatic carbocycles. The van der Waals surface area contributed by atoms with Gasteiger partial charge in [-0.25, -0.2) is 4.79 Å². The number of rotatable bonds is 20. The van der Waals surface area contributed by atoms with Crippen LogP contribution in [-0.4, -0.2) is 151 Å². The van der Waals surface area contributed by atoms with Crippen LogP contribution >= 0.6 is 11.6 Å². The molecule has 0 aliphatic carbocycles. The minimum atomic E-state index is -1.58. The molecule has 5 rings (SSSR count). The van der Waals surface area contributed by atoms with Crippen LogP contribution in [0.1, 0.15) is 96.9 Å². The van der Waals surface area contributed by atoms with Crippen molar-refractivity contribution in [3.05, 3.63) is 76.3 Å². The first-order valence-electron chi connectivity index (χ1n) is 25.9. The van der Waals surface area contributed by atoms with Gasteiger partial charge in [0.05, 0.1) is 29.7 Å². The van der Waals surface area contributed by atoms with Crippen LogP contribution in [0, 0.1) is 23.2 Å². The zero-order chi connectivity index (χ0) is 56.9. The van der Waals surface area contributed by atoms with Gasteiger partial charge in [0, 0.05) is 51.9 Å². The molecule has 10 N–H and O–H groups in total. The molecule has 13 atom stereocenters. The third-order valence-corrected chi connectivity index (χ3v) is 14.1. The van der Waals surface area contributed by atoms with Crippen LogP contribution in [0.5, 0.6) is 5.75 Å². The van der Waals surface area contributed by atoms with Crippen LogP contribution in [0.15, 0.2) is 54.6 Å². The molecule has 3 aliphatic rings. The number of ether oxygens (including phenoxy) is 6. The summed E-state index contributed by atoms with van der Waals surface area (Å²) in [4.78, 5) is 94.4. The molecular formula is C54H77ClN6O16. The van der Waals surface area contributed by atoms with Crippen LogP contribution in [0.25, 0.3) is 0 Å². The number of amides is 5. The minimum absolute atomic E-state index is 0.0451. The molecule has 22 nitrogen and oxygen atoms in total. The molecule has 0 unspecified atom stereocenters. The summed E-state index contributed by atoms with van der Waals surface area (Å²) in [5.41, 5.74) is 6.90. The molecule has 2 saturated heterocycles. The average molecular weight is 1100 g/mol. The van der Waals surface area contributed by atoms with Gasteiger partial charge in [0.25, 0.3) is 0 Å². The number of aliphatic hydroxyl groups is 3. The van der Waals surface area contributed by atoms with Crippen molar-refractivity contribution in [3.63, 3.8) is 0 Å². The summed E-state index contributed by atoms with van der Waals surface area (Å²) in [6, 6.07) is 9.09. The van der Waals surface area contributed by atoms with Crippen molar-refractivity contribution in [2.45, 2.75) is 160 Å². The van der Waals surface area contributed by atoms with Gasteiger partial charge in [-0.05, 0) is 73.4 Å². The minimum Gasteiger partial charge on any atom is -0.495 e. The third-order valence-electron chi connectivity index (χ3n) is 13.8. The Bertz CT molecular complexity index is 2400. The van der Waals surface area contributed by atoms with E-state index in [4.69, 9.17) is 45.8 Å². The maximum Gasteiger partial charge on any atom is 0.347 e. The summed E-state index contributed by atoms with van der Waals surface area (Å²) in [6.07, 6.45) is -7.20. The van der Waals surface area contributed by atoms with Gasteiger partial charge in [0.15, 0.2) is 12.4 Å². The van der Waals surface area contributed by atoms with Gasteiger partial charge in [-0.15, -0.1) is 0 Å². The van der Waals surface area contributed by atoms with Crippen LogP contribution < -0.4 is 37.1 Å². The summed E-state index contributed by atoms with van der Waals surface area (Å²) in [5, 5.41) is 44.5. The second kappa shape index (κ2) is 28.2. The van der Waals surface area contributed by atoms with Crippen LogP contribution in [0.2, 0.25) is 5.02 Å². The van der Waals surface area contributed by atoms with Crippen LogP contribution in [-0.2, 0) is 70.2 Å². The number of nitrogens with one attached hydrogen (secondary N) is 5.